The van der Waals surface area contributed by atoms with Crippen LogP contribution in [0.5, 0.6) is 0 Å². The van der Waals surface area contributed by atoms with Gasteiger partial charge >= 0.3 is 6.03 Å². The average molecular weight is 313 g/mol. The summed E-state index contributed by atoms with van der Waals surface area (Å²) in [5.74, 6) is -0.634. The third kappa shape index (κ3) is 5.07. The molecule has 21 heavy (non-hydrogen) atoms. The van der Waals surface area contributed by atoms with Crippen LogP contribution in [0.3, 0.4) is 0 Å². The molecule has 8 heteroatoms. The Morgan fingerprint density at radius 3 is 2.33 bits per heavy atom. The molecule has 0 bridgehead atoms. The highest BCUT2D eigenvalue weighted by Crippen LogP contribution is 2.16. The van der Waals surface area contributed by atoms with Crippen LogP contribution >= 0.6 is 0 Å². The van der Waals surface area contributed by atoms with E-state index in [1.165, 1.54) is 18.2 Å². The monoisotopic (exact) mass is 313 g/mol. The molecule has 0 unspecified atom stereocenters. The summed E-state index contributed by atoms with van der Waals surface area (Å²) in [6.45, 7) is 3.51. The smallest absolute Gasteiger partial charge is 0.312 e. The molecule has 116 valence electrons. The fourth-order valence-corrected chi connectivity index (χ4v) is 2.38. The molecule has 0 saturated carbocycles. The molecule has 0 heterocycles. The van der Waals surface area contributed by atoms with Crippen LogP contribution in [-0.4, -0.2) is 32.7 Å². The fraction of sp³-hybridized carbons (Fsp3) is 0.385. The van der Waals surface area contributed by atoms with Gasteiger partial charge < -0.3 is 16.4 Å². The van der Waals surface area contributed by atoms with Gasteiger partial charge in [-0.05, 0) is 24.1 Å². The Morgan fingerprint density at radius 1 is 1.24 bits per heavy atom. The van der Waals surface area contributed by atoms with Crippen molar-refractivity contribution in [3.63, 3.8) is 0 Å². The van der Waals surface area contributed by atoms with Gasteiger partial charge in [0, 0.05) is 11.9 Å². The molecule has 1 atom stereocenters. The molecule has 0 saturated heterocycles. The van der Waals surface area contributed by atoms with Crippen LogP contribution in [-0.2, 0) is 14.6 Å². The van der Waals surface area contributed by atoms with Crippen LogP contribution in [0.1, 0.15) is 13.8 Å². The summed E-state index contributed by atoms with van der Waals surface area (Å²) in [7, 11) is -3.36. The first kappa shape index (κ1) is 17.0. The van der Waals surface area contributed by atoms with Gasteiger partial charge in [0.05, 0.1) is 4.90 Å². The number of hydrogen-bond donors (Lipinski definition) is 3. The molecular formula is C13H19N3O4S. The van der Waals surface area contributed by atoms with E-state index < -0.39 is 27.8 Å². The number of carbonyl (C=O) groups is 2. The van der Waals surface area contributed by atoms with Crippen molar-refractivity contribution < 1.29 is 18.0 Å². The number of urea groups is 1. The summed E-state index contributed by atoms with van der Waals surface area (Å²) in [5, 5.41) is 4.92. The Bertz CT molecular complexity index is 641. The van der Waals surface area contributed by atoms with E-state index in [4.69, 9.17) is 5.73 Å². The summed E-state index contributed by atoms with van der Waals surface area (Å²) in [5.41, 5.74) is 5.37. The fourth-order valence-electron chi connectivity index (χ4n) is 1.71. The molecular weight excluding hydrogens is 294 g/mol. The lowest BCUT2D eigenvalue weighted by molar-refractivity contribution is -0.118. The first-order valence-corrected chi connectivity index (χ1v) is 8.17. The third-order valence-corrected chi connectivity index (χ3v) is 3.89. The first-order valence-electron chi connectivity index (χ1n) is 6.28. The molecule has 7 nitrogen and oxygen atoms in total. The maximum Gasteiger partial charge on any atom is 0.312 e. The molecule has 3 amide bonds. The largest absolute Gasteiger partial charge is 0.352 e. The highest BCUT2D eigenvalue weighted by Gasteiger charge is 2.23. The molecule has 1 rings (SSSR count). The topological polar surface area (TPSA) is 118 Å². The summed E-state index contributed by atoms with van der Waals surface area (Å²) >= 11 is 0. The van der Waals surface area contributed by atoms with Crippen molar-refractivity contribution in [3.05, 3.63) is 24.3 Å². The van der Waals surface area contributed by atoms with Gasteiger partial charge in [-0.2, -0.15) is 0 Å². The van der Waals surface area contributed by atoms with Crippen LogP contribution in [0.2, 0.25) is 0 Å². The first-order chi connectivity index (χ1) is 9.61. The van der Waals surface area contributed by atoms with Crippen molar-refractivity contribution in [1.82, 2.24) is 5.32 Å². The lowest BCUT2D eigenvalue weighted by atomic mass is 10.0. The molecule has 0 fully saturated rings. The molecule has 0 aliphatic heterocycles. The summed E-state index contributed by atoms with van der Waals surface area (Å²) < 4.78 is 22.9. The Kier molecular flexibility index (Phi) is 5.31. The third-order valence-electron chi connectivity index (χ3n) is 2.78. The van der Waals surface area contributed by atoms with E-state index in [1.807, 2.05) is 0 Å². The zero-order chi connectivity index (χ0) is 16.2. The molecule has 4 N–H and O–H groups in total. The minimum absolute atomic E-state index is 0.101. The van der Waals surface area contributed by atoms with Gasteiger partial charge in [-0.1, -0.05) is 19.9 Å². The van der Waals surface area contributed by atoms with Crippen LogP contribution in [0.25, 0.3) is 0 Å². The number of primary amides is 1. The number of amides is 3. The molecule has 1 aromatic rings. The van der Waals surface area contributed by atoms with Crippen molar-refractivity contribution in [1.29, 1.82) is 0 Å². The van der Waals surface area contributed by atoms with Crippen molar-refractivity contribution in [2.45, 2.75) is 24.8 Å². The molecule has 1 aromatic carbocycles. The Hall–Kier alpha value is -2.09. The minimum Gasteiger partial charge on any atom is -0.352 e. The van der Waals surface area contributed by atoms with E-state index in [2.05, 4.69) is 10.6 Å². The Morgan fingerprint density at radius 2 is 1.86 bits per heavy atom. The van der Waals surface area contributed by atoms with Gasteiger partial charge in [-0.25, -0.2) is 13.2 Å². The summed E-state index contributed by atoms with van der Waals surface area (Å²) in [6, 6.07) is 4.28. The second-order valence-electron chi connectivity index (χ2n) is 5.02. The quantitative estimate of drug-likeness (QED) is 0.742. The van der Waals surface area contributed by atoms with Crippen LogP contribution in [0.15, 0.2) is 29.2 Å². The number of hydrogen-bond acceptors (Lipinski definition) is 4. The van der Waals surface area contributed by atoms with Crippen molar-refractivity contribution >= 4 is 27.5 Å². The minimum atomic E-state index is -3.36. The number of anilines is 1. The predicted molar refractivity (Wildman–Crippen MR) is 79.5 cm³/mol. The number of rotatable bonds is 5. The lowest BCUT2D eigenvalue weighted by Crippen LogP contribution is -2.49. The standard InChI is InChI=1S/C13H19N3O4S/c1-8(2)11(16-13(14)18)12(17)15-9-5-4-6-10(7-9)21(3,19)20/h4-8,11H,1-3H3,(H,15,17)(H3,14,16,18)/t11-/m0/s1. The average Bonchev–Trinajstić information content (AvgIpc) is 2.34. The maximum atomic E-state index is 12.1. The summed E-state index contributed by atoms with van der Waals surface area (Å²) in [6.07, 6.45) is 1.08. The molecule has 0 aliphatic rings. The van der Waals surface area contributed by atoms with Crippen LogP contribution < -0.4 is 16.4 Å². The van der Waals surface area contributed by atoms with Gasteiger partial charge in [0.25, 0.3) is 0 Å². The summed E-state index contributed by atoms with van der Waals surface area (Å²) in [4.78, 5) is 23.1. The van der Waals surface area contributed by atoms with Gasteiger partial charge in [0.2, 0.25) is 5.91 Å². The Labute approximate surface area is 123 Å². The zero-order valence-corrected chi connectivity index (χ0v) is 12.9. The number of benzene rings is 1. The second kappa shape index (κ2) is 6.57. The van der Waals surface area contributed by atoms with Crippen molar-refractivity contribution in [3.8, 4) is 0 Å². The highest BCUT2D eigenvalue weighted by atomic mass is 32.2. The normalized spacial score (nSPS) is 12.8. The van der Waals surface area contributed by atoms with Gasteiger partial charge in [-0.15, -0.1) is 0 Å². The number of nitrogens with one attached hydrogen (secondary N) is 2. The lowest BCUT2D eigenvalue weighted by Gasteiger charge is -2.20. The van der Waals surface area contributed by atoms with Crippen molar-refractivity contribution in [2.24, 2.45) is 11.7 Å². The number of carbonyl (C=O) groups excluding carboxylic acids is 2. The van der Waals surface area contributed by atoms with E-state index in [9.17, 15) is 18.0 Å². The number of sulfone groups is 1. The van der Waals surface area contributed by atoms with E-state index in [-0.39, 0.29) is 10.8 Å². The zero-order valence-electron chi connectivity index (χ0n) is 12.1. The highest BCUT2D eigenvalue weighted by molar-refractivity contribution is 7.90. The Balaban J connectivity index is 2.94. The van der Waals surface area contributed by atoms with Gasteiger partial charge in [0.1, 0.15) is 6.04 Å². The SMILES string of the molecule is CC(C)[C@H](NC(N)=O)C(=O)Nc1cccc(S(C)(=O)=O)c1. The molecule has 0 aromatic heterocycles. The van der Waals surface area contributed by atoms with E-state index in [0.717, 1.165) is 6.26 Å². The number of nitrogens with two attached hydrogens (primary N) is 1. The predicted octanol–water partition coefficient (Wildman–Crippen LogP) is 0.721. The second-order valence-corrected chi connectivity index (χ2v) is 7.04. The molecule has 0 aliphatic carbocycles. The molecule has 0 radical (unpaired) electrons. The van der Waals surface area contributed by atoms with E-state index in [1.54, 1.807) is 19.9 Å². The van der Waals surface area contributed by atoms with E-state index in [0.29, 0.717) is 5.69 Å². The molecule has 0 spiro atoms. The van der Waals surface area contributed by atoms with Gasteiger partial charge in [-0.3, -0.25) is 4.79 Å². The van der Waals surface area contributed by atoms with Crippen molar-refractivity contribution in [2.75, 3.05) is 11.6 Å². The maximum absolute atomic E-state index is 12.1. The van der Waals surface area contributed by atoms with Gasteiger partial charge in [0.15, 0.2) is 9.84 Å². The van der Waals surface area contributed by atoms with Crippen LogP contribution in [0.4, 0.5) is 10.5 Å². The van der Waals surface area contributed by atoms with E-state index >= 15 is 0 Å². The van der Waals surface area contributed by atoms with Crippen LogP contribution in [0, 0.1) is 5.92 Å².